The molecule has 0 atom stereocenters. The Kier molecular flexibility index (Phi) is 30.3. The molecule has 1 fully saturated rings. The number of rotatable bonds is 2. The van der Waals surface area contributed by atoms with Crippen molar-refractivity contribution in [3.63, 3.8) is 0 Å². The maximum Gasteiger partial charge on any atom is 0.116 e. The molecule has 0 aromatic rings. The molecule has 2 N–H and O–H groups in total. The lowest BCUT2D eigenvalue weighted by molar-refractivity contribution is -0.106. The second kappa shape index (κ2) is 24.8. The Hall–Kier alpha value is -1.25. The summed E-state index contributed by atoms with van der Waals surface area (Å²) < 4.78 is 0. The van der Waals surface area contributed by atoms with Gasteiger partial charge in [-0.15, -0.1) is 0 Å². The minimum Gasteiger partial charge on any atom is -0.394 e. The maximum absolute atomic E-state index is 8.81. The lowest BCUT2D eigenvalue weighted by atomic mass is 9.87. The van der Waals surface area contributed by atoms with E-state index in [1.54, 1.807) is 0 Å². The average molecular weight is 259 g/mol. The van der Waals surface area contributed by atoms with Crippen LogP contribution in [0, 0.1) is 17.2 Å². The average Bonchev–Trinajstić information content (AvgIpc) is 2.44. The first-order valence-corrected chi connectivity index (χ1v) is 6.04. The first-order valence-electron chi connectivity index (χ1n) is 6.04. The van der Waals surface area contributed by atoms with E-state index < -0.39 is 0 Å². The number of aldehydes is 1. The van der Waals surface area contributed by atoms with E-state index in [0.29, 0.717) is 0 Å². The highest BCUT2D eigenvalue weighted by Gasteiger charge is 2.11. The van der Waals surface area contributed by atoms with Crippen LogP contribution in [0.4, 0.5) is 0 Å². The molecule has 18 heavy (non-hydrogen) atoms. The Morgan fingerprint density at radius 3 is 1.89 bits per heavy atom. The van der Waals surface area contributed by atoms with Crippen molar-refractivity contribution >= 4 is 13.1 Å². The minimum atomic E-state index is -0.125. The summed E-state index contributed by atoms with van der Waals surface area (Å²) in [5.41, 5.74) is 0. The van der Waals surface area contributed by atoms with Crippen molar-refractivity contribution in [2.24, 2.45) is 5.92 Å². The fourth-order valence-corrected chi connectivity index (χ4v) is 1.52. The molecule has 0 saturated heterocycles. The smallest absolute Gasteiger partial charge is 0.116 e. The number of nitriles is 1. The normalized spacial score (nSPS) is 13.2. The topological polar surface area (TPSA) is 98.4 Å². The lowest BCUT2D eigenvalue weighted by Crippen LogP contribution is -2.04. The predicted molar refractivity (Wildman–Crippen MR) is 69.8 cm³/mol. The van der Waals surface area contributed by atoms with Crippen LogP contribution in [0.25, 0.3) is 0 Å². The van der Waals surface area contributed by atoms with Gasteiger partial charge in [0.15, 0.2) is 0 Å². The third-order valence-electron chi connectivity index (χ3n) is 2.20. The summed E-state index contributed by atoms with van der Waals surface area (Å²) in [6.07, 6.45) is 8.24. The molecule has 0 spiro atoms. The zero-order valence-electron chi connectivity index (χ0n) is 11.2. The van der Waals surface area contributed by atoms with Crippen molar-refractivity contribution in [3.05, 3.63) is 0 Å². The van der Waals surface area contributed by atoms with Gasteiger partial charge in [-0.2, -0.15) is 5.26 Å². The molecular weight excluding hydrogens is 234 g/mol. The minimum absolute atomic E-state index is 0.125. The Morgan fingerprint density at radius 1 is 1.22 bits per heavy atom. The highest BCUT2D eigenvalue weighted by Crippen LogP contribution is 2.25. The van der Waals surface area contributed by atoms with Gasteiger partial charge in [-0.25, -0.2) is 0 Å². The summed E-state index contributed by atoms with van der Waals surface area (Å²) >= 11 is 0. The quantitative estimate of drug-likeness (QED) is 0.732. The number of carbonyl (C=O) groups excluding carboxylic acids is 2. The molecule has 1 saturated carbocycles. The van der Waals surface area contributed by atoms with Gasteiger partial charge in [-0.05, 0) is 25.7 Å². The fourth-order valence-electron chi connectivity index (χ4n) is 1.52. The Balaban J connectivity index is -0.000000212. The molecule has 1 aliphatic carbocycles. The number of hydrogen-bond acceptors (Lipinski definition) is 5. The van der Waals surface area contributed by atoms with Crippen LogP contribution in [-0.4, -0.2) is 36.5 Å². The van der Waals surface area contributed by atoms with Crippen LogP contribution in [0.15, 0.2) is 0 Å². The molecule has 0 unspecified atom stereocenters. The summed E-state index contributed by atoms with van der Waals surface area (Å²) in [6.45, 7) is 3.19. The van der Waals surface area contributed by atoms with E-state index in [9.17, 15) is 0 Å². The fraction of sp³-hybridized carbons (Fsp3) is 0.769. The molecule has 1 aliphatic rings. The zero-order chi connectivity index (χ0) is 14.6. The molecule has 0 bridgehead atoms. The molecule has 0 aromatic heterocycles. The predicted octanol–water partition coefficient (Wildman–Crippen LogP) is 1.47. The van der Waals surface area contributed by atoms with Crippen LogP contribution in [0.3, 0.4) is 0 Å². The van der Waals surface area contributed by atoms with Crippen molar-refractivity contribution in [3.8, 4) is 6.07 Å². The number of hydrogen-bond donors (Lipinski definition) is 2. The van der Waals surface area contributed by atoms with Crippen LogP contribution < -0.4 is 0 Å². The van der Waals surface area contributed by atoms with Crippen LogP contribution in [0.2, 0.25) is 0 Å². The second-order valence-electron chi connectivity index (χ2n) is 3.55. The maximum atomic E-state index is 8.81. The number of nitrogens with zero attached hydrogens (tertiary/aromatic N) is 1. The molecule has 1 rings (SSSR count). The second-order valence-corrected chi connectivity index (χ2v) is 3.55. The Labute approximate surface area is 109 Å². The molecule has 0 aliphatic heterocycles. The molecular formula is C13H25NO4. The Bertz CT molecular complexity index is 184. The molecule has 0 radical (unpaired) electrons. The van der Waals surface area contributed by atoms with Crippen molar-refractivity contribution in [1.29, 1.82) is 5.26 Å². The molecule has 106 valence electrons. The van der Waals surface area contributed by atoms with E-state index in [2.05, 4.69) is 6.07 Å². The van der Waals surface area contributed by atoms with E-state index in [4.69, 9.17) is 25.1 Å². The number of carbonyl (C=O) groups is 2. The van der Waals surface area contributed by atoms with Crippen molar-refractivity contribution in [1.82, 2.24) is 0 Å². The Morgan fingerprint density at radius 2 is 1.61 bits per heavy atom. The third kappa shape index (κ3) is 24.1. The van der Waals surface area contributed by atoms with Gasteiger partial charge in [-0.3, -0.25) is 0 Å². The van der Waals surface area contributed by atoms with Gasteiger partial charge >= 0.3 is 0 Å². The summed E-state index contributed by atoms with van der Waals surface area (Å²) in [6, 6.07) is 2.24. The van der Waals surface area contributed by atoms with Crippen molar-refractivity contribution < 1.29 is 19.8 Å². The van der Waals surface area contributed by atoms with E-state index in [1.165, 1.54) is 39.0 Å². The third-order valence-corrected chi connectivity index (χ3v) is 2.20. The summed E-state index contributed by atoms with van der Waals surface area (Å²) in [4.78, 5) is 16.8. The van der Waals surface area contributed by atoms with Crippen LogP contribution >= 0.6 is 0 Å². The first-order chi connectivity index (χ1) is 8.76. The highest BCUT2D eigenvalue weighted by atomic mass is 16.3. The SMILES string of the molecule is C=O.CC=O.N#CCC1CCCCC1.OCCO. The largest absolute Gasteiger partial charge is 0.394 e. The monoisotopic (exact) mass is 259 g/mol. The standard InChI is InChI=1S/C8H13N.C2H6O2.C2H4O.CH2O/c9-7-6-8-4-2-1-3-5-8;3-1-2-4;1-2-3;1-2/h8H,1-6H2;3-4H,1-2H2;2H,1H3;1H2. The van der Waals surface area contributed by atoms with Gasteiger partial charge < -0.3 is 19.8 Å². The van der Waals surface area contributed by atoms with Crippen LogP contribution in [0.5, 0.6) is 0 Å². The number of aliphatic hydroxyl groups is 2. The van der Waals surface area contributed by atoms with E-state index in [-0.39, 0.29) is 13.2 Å². The van der Waals surface area contributed by atoms with Gasteiger partial charge in [0.25, 0.3) is 0 Å². The van der Waals surface area contributed by atoms with Crippen molar-refractivity contribution in [2.45, 2.75) is 45.4 Å². The molecule has 0 aromatic carbocycles. The van der Waals surface area contributed by atoms with Crippen LogP contribution in [-0.2, 0) is 9.59 Å². The molecule has 0 amide bonds. The summed E-state index contributed by atoms with van der Waals surface area (Å²) in [5, 5.41) is 23.6. The van der Waals surface area contributed by atoms with Crippen LogP contribution in [0.1, 0.15) is 45.4 Å². The van der Waals surface area contributed by atoms with E-state index >= 15 is 0 Å². The lowest BCUT2D eigenvalue weighted by Gasteiger charge is -2.17. The molecule has 5 heteroatoms. The first kappa shape index (κ1) is 22.0. The van der Waals surface area contributed by atoms with Gasteiger partial charge in [0, 0.05) is 6.42 Å². The number of aliphatic hydroxyl groups excluding tert-OH is 2. The summed E-state index contributed by atoms with van der Waals surface area (Å²) in [7, 11) is 0. The van der Waals surface area contributed by atoms with Crippen molar-refractivity contribution in [2.75, 3.05) is 13.2 Å². The van der Waals surface area contributed by atoms with E-state index in [1.807, 2.05) is 6.79 Å². The van der Waals surface area contributed by atoms with Gasteiger partial charge in [0.2, 0.25) is 0 Å². The summed E-state index contributed by atoms with van der Waals surface area (Å²) in [5.74, 6) is 0.740. The zero-order valence-corrected chi connectivity index (χ0v) is 11.2. The van der Waals surface area contributed by atoms with Gasteiger partial charge in [0.1, 0.15) is 13.1 Å². The van der Waals surface area contributed by atoms with Gasteiger partial charge in [-0.1, -0.05) is 19.3 Å². The molecule has 5 nitrogen and oxygen atoms in total. The highest BCUT2D eigenvalue weighted by molar-refractivity contribution is 5.44. The molecule has 0 heterocycles. The van der Waals surface area contributed by atoms with Gasteiger partial charge in [0.05, 0.1) is 19.3 Å². The van der Waals surface area contributed by atoms with E-state index in [0.717, 1.165) is 18.6 Å².